The fourth-order valence-corrected chi connectivity index (χ4v) is 1.47. The van der Waals surface area contributed by atoms with Gasteiger partial charge in [-0.25, -0.2) is 9.80 Å². The molecule has 1 N–H and O–H groups in total. The van der Waals surface area contributed by atoms with Crippen LogP contribution in [0, 0.1) is 0 Å². The van der Waals surface area contributed by atoms with Gasteiger partial charge in [-0.3, -0.25) is 10.2 Å². The summed E-state index contributed by atoms with van der Waals surface area (Å²) in [4.78, 5) is 22.6. The van der Waals surface area contributed by atoms with E-state index in [9.17, 15) is 9.59 Å². The number of hydrogen-bond acceptors (Lipinski definition) is 3. The molecular formula is C13H18N2O3. The molecule has 0 atom stereocenters. The first kappa shape index (κ1) is 14.0. The first-order chi connectivity index (χ1) is 8.63. The maximum absolute atomic E-state index is 11.6. The van der Waals surface area contributed by atoms with Gasteiger partial charge in [-0.15, -0.1) is 0 Å². The number of benzene rings is 1. The highest BCUT2D eigenvalue weighted by atomic mass is 16.6. The molecule has 0 spiro atoms. The molecule has 0 aromatic heterocycles. The summed E-state index contributed by atoms with van der Waals surface area (Å²) in [7, 11) is 0. The summed E-state index contributed by atoms with van der Waals surface area (Å²) in [5, 5.41) is 1.19. The van der Waals surface area contributed by atoms with Crippen molar-refractivity contribution in [2.24, 2.45) is 0 Å². The van der Waals surface area contributed by atoms with Crippen LogP contribution in [0.15, 0.2) is 30.3 Å². The monoisotopic (exact) mass is 250 g/mol. The fourth-order valence-electron chi connectivity index (χ4n) is 1.47. The van der Waals surface area contributed by atoms with E-state index in [4.69, 9.17) is 4.74 Å². The molecule has 0 aliphatic rings. The number of nitrogens with one attached hydrogen (secondary N) is 1. The van der Waals surface area contributed by atoms with Gasteiger partial charge in [0.15, 0.2) is 0 Å². The van der Waals surface area contributed by atoms with Crippen LogP contribution >= 0.6 is 0 Å². The van der Waals surface area contributed by atoms with Crippen molar-refractivity contribution >= 4 is 12.0 Å². The summed E-state index contributed by atoms with van der Waals surface area (Å²) in [6.45, 7) is 3.73. The Balaban J connectivity index is 2.55. The molecule has 1 aromatic rings. The van der Waals surface area contributed by atoms with Gasteiger partial charge in [-0.1, -0.05) is 30.3 Å². The van der Waals surface area contributed by atoms with E-state index in [0.29, 0.717) is 13.0 Å². The number of ether oxygens (including phenoxy) is 1. The highest BCUT2D eigenvalue weighted by molar-refractivity contribution is 5.77. The van der Waals surface area contributed by atoms with E-state index in [1.165, 1.54) is 11.9 Å². The molecule has 5 heteroatoms. The molecule has 0 aliphatic carbocycles. The van der Waals surface area contributed by atoms with Crippen LogP contribution in [0.25, 0.3) is 0 Å². The van der Waals surface area contributed by atoms with E-state index in [1.807, 2.05) is 30.3 Å². The van der Waals surface area contributed by atoms with Crippen molar-refractivity contribution in [3.8, 4) is 0 Å². The molecule has 0 aliphatic heterocycles. The largest absolute Gasteiger partial charge is 0.448 e. The number of hydrogen-bond donors (Lipinski definition) is 1. The average molecular weight is 250 g/mol. The number of nitrogens with zero attached hydrogens (tertiary/aromatic N) is 1. The predicted molar refractivity (Wildman–Crippen MR) is 67.7 cm³/mol. The zero-order valence-corrected chi connectivity index (χ0v) is 10.7. The van der Waals surface area contributed by atoms with Gasteiger partial charge in [-0.05, 0) is 18.9 Å². The Bertz CT molecular complexity index is 392. The molecule has 18 heavy (non-hydrogen) atoms. The Kier molecular flexibility index (Phi) is 5.70. The summed E-state index contributed by atoms with van der Waals surface area (Å²) < 4.78 is 4.87. The molecule has 98 valence electrons. The SMILES string of the molecule is CCOC(=O)N(CCc1ccccc1)NC(C)=O. The molecule has 1 rings (SSSR count). The predicted octanol–water partition coefficient (Wildman–Crippen LogP) is 1.74. The first-order valence-corrected chi connectivity index (χ1v) is 5.89. The summed E-state index contributed by atoms with van der Waals surface area (Å²) in [6.07, 6.45) is 0.114. The Morgan fingerprint density at radius 3 is 2.50 bits per heavy atom. The minimum absolute atomic E-state index is 0.278. The summed E-state index contributed by atoms with van der Waals surface area (Å²) in [5.41, 5.74) is 3.55. The van der Waals surface area contributed by atoms with Crippen LogP contribution in [0.3, 0.4) is 0 Å². The van der Waals surface area contributed by atoms with E-state index in [2.05, 4.69) is 5.43 Å². The Morgan fingerprint density at radius 1 is 1.28 bits per heavy atom. The van der Waals surface area contributed by atoms with Crippen LogP contribution in [0.4, 0.5) is 4.79 Å². The fraction of sp³-hybridized carbons (Fsp3) is 0.385. The van der Waals surface area contributed by atoms with Crippen molar-refractivity contribution in [3.63, 3.8) is 0 Å². The van der Waals surface area contributed by atoms with Gasteiger partial charge < -0.3 is 4.74 Å². The Morgan fingerprint density at radius 2 is 1.94 bits per heavy atom. The molecule has 0 saturated heterocycles. The molecular weight excluding hydrogens is 232 g/mol. The first-order valence-electron chi connectivity index (χ1n) is 5.89. The van der Waals surface area contributed by atoms with Crippen molar-refractivity contribution in [2.45, 2.75) is 20.3 Å². The standard InChI is InChI=1S/C13H18N2O3/c1-3-18-13(17)15(14-11(2)16)10-9-12-7-5-4-6-8-12/h4-8H,3,9-10H2,1-2H3,(H,14,16). The number of hydrazine groups is 1. The van der Waals surface area contributed by atoms with Gasteiger partial charge >= 0.3 is 6.09 Å². The second-order valence-electron chi connectivity index (χ2n) is 3.75. The third-order valence-corrected chi connectivity index (χ3v) is 2.25. The van der Waals surface area contributed by atoms with Crippen LogP contribution in [0.1, 0.15) is 19.4 Å². The highest BCUT2D eigenvalue weighted by Crippen LogP contribution is 2.01. The molecule has 0 radical (unpaired) electrons. The van der Waals surface area contributed by atoms with E-state index < -0.39 is 6.09 Å². The minimum Gasteiger partial charge on any atom is -0.448 e. The van der Waals surface area contributed by atoms with Crippen molar-refractivity contribution in [2.75, 3.05) is 13.2 Å². The maximum Gasteiger partial charge on any atom is 0.428 e. The molecule has 5 nitrogen and oxygen atoms in total. The Labute approximate surface area is 107 Å². The lowest BCUT2D eigenvalue weighted by Gasteiger charge is -2.21. The third kappa shape index (κ3) is 4.86. The molecule has 0 saturated carbocycles. The molecule has 2 amide bonds. The molecule has 1 aromatic carbocycles. The summed E-state index contributed by atoms with van der Waals surface area (Å²) in [6, 6.07) is 9.74. The number of amides is 2. The van der Waals surface area contributed by atoms with Crippen LogP contribution in [0.2, 0.25) is 0 Å². The summed E-state index contributed by atoms with van der Waals surface area (Å²) >= 11 is 0. The van der Waals surface area contributed by atoms with Crippen LogP contribution in [-0.4, -0.2) is 30.2 Å². The lowest BCUT2D eigenvalue weighted by Crippen LogP contribution is -2.46. The maximum atomic E-state index is 11.6. The second kappa shape index (κ2) is 7.32. The number of carbonyl (C=O) groups excluding carboxylic acids is 2. The third-order valence-electron chi connectivity index (χ3n) is 2.25. The second-order valence-corrected chi connectivity index (χ2v) is 3.75. The molecule has 0 bridgehead atoms. The van der Waals surface area contributed by atoms with Crippen molar-refractivity contribution in [3.05, 3.63) is 35.9 Å². The van der Waals surface area contributed by atoms with Crippen LogP contribution in [-0.2, 0) is 16.0 Å². The Hall–Kier alpha value is -2.04. The zero-order chi connectivity index (χ0) is 13.4. The van der Waals surface area contributed by atoms with Gasteiger partial charge in [0.2, 0.25) is 5.91 Å². The van der Waals surface area contributed by atoms with E-state index in [1.54, 1.807) is 6.92 Å². The highest BCUT2D eigenvalue weighted by Gasteiger charge is 2.15. The minimum atomic E-state index is -0.538. The smallest absolute Gasteiger partial charge is 0.428 e. The van der Waals surface area contributed by atoms with Crippen LogP contribution in [0.5, 0.6) is 0 Å². The van der Waals surface area contributed by atoms with Crippen molar-refractivity contribution in [1.82, 2.24) is 10.4 Å². The molecule has 0 heterocycles. The lowest BCUT2D eigenvalue weighted by atomic mass is 10.1. The van der Waals surface area contributed by atoms with Gasteiger partial charge in [0.1, 0.15) is 0 Å². The number of rotatable bonds is 4. The van der Waals surface area contributed by atoms with Gasteiger partial charge in [0.25, 0.3) is 0 Å². The van der Waals surface area contributed by atoms with Gasteiger partial charge in [0.05, 0.1) is 6.61 Å². The average Bonchev–Trinajstić information content (AvgIpc) is 2.35. The van der Waals surface area contributed by atoms with E-state index in [-0.39, 0.29) is 12.5 Å². The van der Waals surface area contributed by atoms with Gasteiger partial charge in [-0.2, -0.15) is 0 Å². The quantitative estimate of drug-likeness (QED) is 0.828. The van der Waals surface area contributed by atoms with E-state index in [0.717, 1.165) is 5.56 Å². The normalized spacial score (nSPS) is 9.67. The summed E-state index contributed by atoms with van der Waals surface area (Å²) in [5.74, 6) is -0.295. The van der Waals surface area contributed by atoms with Crippen molar-refractivity contribution in [1.29, 1.82) is 0 Å². The lowest BCUT2D eigenvalue weighted by molar-refractivity contribution is -0.123. The van der Waals surface area contributed by atoms with Gasteiger partial charge in [0, 0.05) is 13.5 Å². The van der Waals surface area contributed by atoms with E-state index >= 15 is 0 Å². The van der Waals surface area contributed by atoms with Crippen LogP contribution < -0.4 is 5.43 Å². The topological polar surface area (TPSA) is 58.6 Å². The molecule has 0 fully saturated rings. The number of carbonyl (C=O) groups is 2. The zero-order valence-electron chi connectivity index (χ0n) is 10.7. The molecule has 0 unspecified atom stereocenters. The van der Waals surface area contributed by atoms with Crippen molar-refractivity contribution < 1.29 is 14.3 Å².